The number of amides is 4. The Kier molecular flexibility index (Phi) is 6.34. The summed E-state index contributed by atoms with van der Waals surface area (Å²) < 4.78 is 5.60. The minimum absolute atomic E-state index is 0.000941. The predicted octanol–water partition coefficient (Wildman–Crippen LogP) is 2.57. The molecule has 37 heavy (non-hydrogen) atoms. The topological polar surface area (TPSA) is 103 Å². The molecule has 5 rings (SSSR count). The molecule has 0 bridgehead atoms. The summed E-state index contributed by atoms with van der Waals surface area (Å²) in [6.07, 6.45) is 1.93. The summed E-state index contributed by atoms with van der Waals surface area (Å²) in [6, 6.07) is 12.7. The van der Waals surface area contributed by atoms with Gasteiger partial charge in [0.25, 0.3) is 11.8 Å². The third-order valence-electron chi connectivity index (χ3n) is 7.02. The number of hydrazone groups is 1. The second-order valence-electron chi connectivity index (χ2n) is 9.72. The fourth-order valence-electron chi connectivity index (χ4n) is 4.95. The molecule has 3 aliphatic rings. The van der Waals surface area contributed by atoms with Crippen LogP contribution >= 0.6 is 0 Å². The highest BCUT2D eigenvalue weighted by molar-refractivity contribution is 6.08. The van der Waals surface area contributed by atoms with E-state index >= 15 is 0 Å². The molecule has 3 heterocycles. The summed E-state index contributed by atoms with van der Waals surface area (Å²) in [4.78, 5) is 40.3. The van der Waals surface area contributed by atoms with Crippen LogP contribution in [0.15, 0.2) is 47.6 Å². The summed E-state index contributed by atoms with van der Waals surface area (Å²) in [5.74, 6) is 5.60. The highest BCUT2D eigenvalue weighted by atomic mass is 16.5. The average molecular weight is 500 g/mol. The van der Waals surface area contributed by atoms with Crippen LogP contribution < -0.4 is 15.4 Å². The molecule has 4 amide bonds. The van der Waals surface area contributed by atoms with Gasteiger partial charge in [-0.3, -0.25) is 19.9 Å². The van der Waals surface area contributed by atoms with Crippen molar-refractivity contribution in [2.75, 3.05) is 19.7 Å². The van der Waals surface area contributed by atoms with Crippen LogP contribution in [0, 0.1) is 11.8 Å². The number of ether oxygens (including phenoxy) is 1. The Balaban J connectivity index is 1.38. The summed E-state index contributed by atoms with van der Waals surface area (Å²) in [7, 11) is 0. The maximum absolute atomic E-state index is 13.3. The van der Waals surface area contributed by atoms with Crippen molar-refractivity contribution in [3.05, 3.63) is 64.7 Å². The first-order valence-electron chi connectivity index (χ1n) is 12.3. The maximum Gasteiger partial charge on any atom is 0.322 e. The number of carbonyl (C=O) groups is 3. The number of rotatable bonds is 7. The molecular formula is C28H29N5O4. The predicted molar refractivity (Wildman–Crippen MR) is 138 cm³/mol. The number of hydrogen-bond donors (Lipinski definition) is 2. The maximum atomic E-state index is 13.3. The van der Waals surface area contributed by atoms with Crippen LogP contribution in [0.3, 0.4) is 0 Å². The smallest absolute Gasteiger partial charge is 0.322 e. The van der Waals surface area contributed by atoms with Gasteiger partial charge in [-0.25, -0.2) is 4.79 Å². The number of urea groups is 1. The third kappa shape index (κ3) is 4.51. The highest BCUT2D eigenvalue weighted by Crippen LogP contribution is 2.33. The van der Waals surface area contributed by atoms with E-state index in [1.54, 1.807) is 24.0 Å². The quantitative estimate of drug-likeness (QED) is 0.450. The normalized spacial score (nSPS) is 22.2. The lowest BCUT2D eigenvalue weighted by Crippen LogP contribution is -2.52. The van der Waals surface area contributed by atoms with E-state index in [1.165, 1.54) is 0 Å². The standard InChI is InChI=1S/C28H29N5O4/c1-4-5-12-37-23-11-8-20-15-32(25(34)24(20)13-23)17-28(26(35)30-27(36)31-28)22-9-6-19(7-10-22)21-14-29-33(16-21)18(2)3/h6-11,13-14,18,21H,12,15-17H2,1-3H3,(H2,30,31,35,36)/t21?,28-/m0/s1. The molecule has 9 nitrogen and oxygen atoms in total. The number of nitrogens with one attached hydrogen (secondary N) is 2. The lowest BCUT2D eigenvalue weighted by atomic mass is 9.87. The van der Waals surface area contributed by atoms with Gasteiger partial charge >= 0.3 is 6.03 Å². The number of fused-ring (bicyclic) bond motifs is 1. The number of benzene rings is 2. The first-order chi connectivity index (χ1) is 17.8. The fraction of sp³-hybridized carbons (Fsp3) is 0.357. The molecule has 3 aliphatic heterocycles. The Bertz CT molecular complexity index is 1340. The van der Waals surface area contributed by atoms with Crippen LogP contribution in [-0.2, 0) is 16.9 Å². The van der Waals surface area contributed by atoms with E-state index < -0.39 is 17.5 Å². The van der Waals surface area contributed by atoms with Gasteiger partial charge in [0.05, 0.1) is 6.54 Å². The van der Waals surface area contributed by atoms with Gasteiger partial charge in [0.1, 0.15) is 12.4 Å². The van der Waals surface area contributed by atoms with E-state index in [4.69, 9.17) is 4.74 Å². The van der Waals surface area contributed by atoms with Crippen LogP contribution in [0.1, 0.15) is 53.7 Å². The van der Waals surface area contributed by atoms with Crippen molar-refractivity contribution >= 4 is 24.1 Å². The van der Waals surface area contributed by atoms with Crippen molar-refractivity contribution in [3.8, 4) is 17.6 Å². The molecule has 0 spiro atoms. The van der Waals surface area contributed by atoms with Crippen LogP contribution in [0.2, 0.25) is 0 Å². The first-order valence-corrected chi connectivity index (χ1v) is 12.3. The highest BCUT2D eigenvalue weighted by Gasteiger charge is 2.50. The Morgan fingerprint density at radius 2 is 1.95 bits per heavy atom. The van der Waals surface area contributed by atoms with E-state index in [9.17, 15) is 14.4 Å². The monoisotopic (exact) mass is 499 g/mol. The molecule has 0 radical (unpaired) electrons. The van der Waals surface area contributed by atoms with Crippen molar-refractivity contribution in [1.29, 1.82) is 0 Å². The number of imide groups is 1. The van der Waals surface area contributed by atoms with Crippen molar-refractivity contribution in [2.24, 2.45) is 5.10 Å². The van der Waals surface area contributed by atoms with Gasteiger partial charge in [0, 0.05) is 36.8 Å². The average Bonchev–Trinajstić information content (AvgIpc) is 3.57. The summed E-state index contributed by atoms with van der Waals surface area (Å²) in [5, 5.41) is 11.7. The van der Waals surface area contributed by atoms with E-state index in [-0.39, 0.29) is 25.0 Å². The first kappa shape index (κ1) is 24.4. The molecule has 1 unspecified atom stereocenters. The van der Waals surface area contributed by atoms with Crippen molar-refractivity contribution in [1.82, 2.24) is 20.5 Å². The molecule has 1 fully saturated rings. The Hall–Kier alpha value is -4.32. The molecular weight excluding hydrogens is 470 g/mol. The van der Waals surface area contributed by atoms with Crippen LogP contribution in [0.4, 0.5) is 4.79 Å². The Labute approximate surface area is 215 Å². The van der Waals surface area contributed by atoms with E-state index in [0.717, 1.165) is 17.7 Å². The number of carbonyl (C=O) groups excluding carboxylic acids is 3. The van der Waals surface area contributed by atoms with E-state index in [0.29, 0.717) is 29.5 Å². The van der Waals surface area contributed by atoms with Crippen molar-refractivity contribution in [3.63, 3.8) is 0 Å². The van der Waals surface area contributed by atoms with Gasteiger partial charge in [0.2, 0.25) is 0 Å². The Morgan fingerprint density at radius 1 is 1.16 bits per heavy atom. The number of nitrogens with zero attached hydrogens (tertiary/aromatic N) is 3. The molecule has 2 N–H and O–H groups in total. The third-order valence-corrected chi connectivity index (χ3v) is 7.02. The Morgan fingerprint density at radius 3 is 2.59 bits per heavy atom. The second-order valence-corrected chi connectivity index (χ2v) is 9.72. The van der Waals surface area contributed by atoms with Crippen LogP contribution in [0.5, 0.6) is 5.75 Å². The van der Waals surface area contributed by atoms with Gasteiger partial charge in [-0.2, -0.15) is 5.10 Å². The molecule has 0 aliphatic carbocycles. The van der Waals surface area contributed by atoms with Gasteiger partial charge in [-0.15, -0.1) is 5.92 Å². The molecule has 2 aromatic rings. The van der Waals surface area contributed by atoms with E-state index in [1.807, 2.05) is 41.6 Å². The SMILES string of the molecule is CC#CCOc1ccc2c(c1)C(=O)N(C[C@@]1(c3ccc(C4C=NN(C(C)C)C4)cc3)NC(=O)NC1=O)C2. The molecule has 0 aromatic heterocycles. The zero-order chi connectivity index (χ0) is 26.2. The van der Waals surface area contributed by atoms with Crippen molar-refractivity contribution in [2.45, 2.75) is 44.8 Å². The van der Waals surface area contributed by atoms with Crippen molar-refractivity contribution < 1.29 is 19.1 Å². The molecule has 190 valence electrons. The number of hydrogen-bond acceptors (Lipinski definition) is 6. The molecule has 9 heteroatoms. The fourth-order valence-corrected chi connectivity index (χ4v) is 4.95. The largest absolute Gasteiger partial charge is 0.481 e. The summed E-state index contributed by atoms with van der Waals surface area (Å²) in [6.45, 7) is 7.29. The lowest BCUT2D eigenvalue weighted by Gasteiger charge is -2.31. The van der Waals surface area contributed by atoms with Crippen LogP contribution in [0.25, 0.3) is 0 Å². The van der Waals surface area contributed by atoms with Gasteiger partial charge in [0.15, 0.2) is 5.54 Å². The minimum atomic E-state index is -1.39. The lowest BCUT2D eigenvalue weighted by molar-refractivity contribution is -0.124. The van der Waals surface area contributed by atoms with Gasteiger partial charge < -0.3 is 15.0 Å². The van der Waals surface area contributed by atoms with Crippen LogP contribution in [-0.4, -0.2) is 59.7 Å². The van der Waals surface area contributed by atoms with Gasteiger partial charge in [-0.05, 0) is 49.6 Å². The molecule has 2 atom stereocenters. The summed E-state index contributed by atoms with van der Waals surface area (Å²) >= 11 is 0. The zero-order valence-corrected chi connectivity index (χ0v) is 21.1. The second kappa shape index (κ2) is 9.62. The van der Waals surface area contributed by atoms with Gasteiger partial charge in [-0.1, -0.05) is 36.3 Å². The molecule has 1 saturated heterocycles. The minimum Gasteiger partial charge on any atom is -0.481 e. The molecule has 2 aromatic carbocycles. The zero-order valence-electron chi connectivity index (χ0n) is 21.1. The summed E-state index contributed by atoms with van der Waals surface area (Å²) in [5.41, 5.74) is 1.65. The van der Waals surface area contributed by atoms with E-state index in [2.05, 4.69) is 41.4 Å². The molecule has 0 saturated carbocycles.